The zero-order valence-electron chi connectivity index (χ0n) is 28.0. The standard InChI is InChI=1S/C45H35N3S/c1-44(2)37-21-12-11-20-33(37)34-27-40-36(26-38(34)45(44,3)4)35-25-31(22-23-39(35)49-40)30-18-13-19-32(24-30)43-47-41(28-14-7-5-8-15-28)46-42(48-43)29-16-9-6-10-17-29/h5-27H,1-4H3. The minimum Gasteiger partial charge on any atom is -0.208 e. The molecule has 0 N–H and O–H groups in total. The Balaban J connectivity index is 1.17. The number of hydrogen-bond donors (Lipinski definition) is 0. The first-order valence-electron chi connectivity index (χ1n) is 16.9. The molecule has 0 saturated carbocycles. The van der Waals surface area contributed by atoms with Crippen LogP contribution in [0.25, 0.3) is 76.6 Å². The molecular weight excluding hydrogens is 615 g/mol. The Kier molecular flexibility index (Phi) is 6.69. The predicted octanol–water partition coefficient (Wildman–Crippen LogP) is 12.1. The molecule has 1 aliphatic carbocycles. The summed E-state index contributed by atoms with van der Waals surface area (Å²) in [5.41, 5.74) is 10.8. The summed E-state index contributed by atoms with van der Waals surface area (Å²) in [5.74, 6) is 1.99. The summed E-state index contributed by atoms with van der Waals surface area (Å²) in [7, 11) is 0. The Labute approximate surface area is 291 Å². The van der Waals surface area contributed by atoms with Crippen molar-refractivity contribution in [2.45, 2.75) is 38.5 Å². The van der Waals surface area contributed by atoms with Gasteiger partial charge in [0, 0.05) is 36.9 Å². The summed E-state index contributed by atoms with van der Waals surface area (Å²) >= 11 is 1.89. The van der Waals surface area contributed by atoms with E-state index < -0.39 is 0 Å². The highest BCUT2D eigenvalue weighted by atomic mass is 32.1. The fourth-order valence-electron chi connectivity index (χ4n) is 7.45. The van der Waals surface area contributed by atoms with Crippen LogP contribution < -0.4 is 0 Å². The lowest BCUT2D eigenvalue weighted by atomic mass is 9.55. The third kappa shape index (κ3) is 4.74. The van der Waals surface area contributed by atoms with E-state index in [4.69, 9.17) is 15.0 Å². The Morgan fingerprint density at radius 3 is 1.61 bits per heavy atom. The zero-order chi connectivity index (χ0) is 33.3. The first kappa shape index (κ1) is 29.7. The maximum Gasteiger partial charge on any atom is 0.164 e. The second-order valence-corrected chi connectivity index (χ2v) is 15.2. The van der Waals surface area contributed by atoms with Crippen molar-refractivity contribution < 1.29 is 0 Å². The van der Waals surface area contributed by atoms with E-state index in [1.165, 1.54) is 48.0 Å². The first-order chi connectivity index (χ1) is 23.8. The van der Waals surface area contributed by atoms with Gasteiger partial charge in [0.25, 0.3) is 0 Å². The van der Waals surface area contributed by atoms with E-state index in [2.05, 4.69) is 107 Å². The van der Waals surface area contributed by atoms with Gasteiger partial charge in [0.05, 0.1) is 0 Å². The molecule has 0 aliphatic heterocycles. The molecule has 0 amide bonds. The van der Waals surface area contributed by atoms with E-state index in [1.807, 2.05) is 72.0 Å². The number of aromatic nitrogens is 3. The summed E-state index contributed by atoms with van der Waals surface area (Å²) in [5, 5.41) is 2.63. The molecule has 0 unspecified atom stereocenters. The van der Waals surface area contributed by atoms with E-state index in [0.717, 1.165) is 22.3 Å². The van der Waals surface area contributed by atoms with Gasteiger partial charge >= 0.3 is 0 Å². The highest BCUT2D eigenvalue weighted by Crippen LogP contribution is 2.55. The average Bonchev–Trinajstić information content (AvgIpc) is 3.51. The van der Waals surface area contributed by atoms with Crippen LogP contribution in [0.2, 0.25) is 0 Å². The summed E-state index contributed by atoms with van der Waals surface area (Å²) in [6.45, 7) is 9.61. The third-order valence-electron chi connectivity index (χ3n) is 10.9. The van der Waals surface area contributed by atoms with Crippen LogP contribution >= 0.6 is 11.3 Å². The molecule has 0 spiro atoms. The Bertz CT molecular complexity index is 2490. The minimum absolute atomic E-state index is 0.00250. The van der Waals surface area contributed by atoms with Crippen molar-refractivity contribution in [3.63, 3.8) is 0 Å². The smallest absolute Gasteiger partial charge is 0.164 e. The lowest BCUT2D eigenvalue weighted by Crippen LogP contribution is -2.43. The van der Waals surface area contributed by atoms with Crippen LogP contribution in [0.5, 0.6) is 0 Å². The number of nitrogens with zero attached hydrogens (tertiary/aromatic N) is 3. The minimum atomic E-state index is -0.0349. The molecule has 236 valence electrons. The second-order valence-electron chi connectivity index (χ2n) is 14.1. The lowest BCUT2D eigenvalue weighted by Gasteiger charge is -2.48. The van der Waals surface area contributed by atoms with Crippen molar-refractivity contribution in [1.82, 2.24) is 15.0 Å². The van der Waals surface area contributed by atoms with Gasteiger partial charge in [0.15, 0.2) is 17.5 Å². The molecule has 2 aromatic heterocycles. The van der Waals surface area contributed by atoms with Gasteiger partial charge in [-0.25, -0.2) is 15.0 Å². The maximum atomic E-state index is 4.98. The predicted molar refractivity (Wildman–Crippen MR) is 206 cm³/mol. The van der Waals surface area contributed by atoms with Gasteiger partial charge in [0.2, 0.25) is 0 Å². The molecular formula is C45H35N3S. The third-order valence-corrected chi connectivity index (χ3v) is 12.0. The fraction of sp³-hybridized carbons (Fsp3) is 0.133. The molecule has 8 aromatic rings. The van der Waals surface area contributed by atoms with Crippen molar-refractivity contribution >= 4 is 31.5 Å². The molecule has 0 saturated heterocycles. The van der Waals surface area contributed by atoms with Gasteiger partial charge in [-0.2, -0.15) is 0 Å². The second kappa shape index (κ2) is 11.0. The molecule has 2 heterocycles. The number of benzene rings is 6. The van der Waals surface area contributed by atoms with Crippen LogP contribution in [0.15, 0.2) is 140 Å². The van der Waals surface area contributed by atoms with Gasteiger partial charge in [0.1, 0.15) is 0 Å². The van der Waals surface area contributed by atoms with Gasteiger partial charge < -0.3 is 0 Å². The maximum absolute atomic E-state index is 4.98. The van der Waals surface area contributed by atoms with E-state index in [1.54, 1.807) is 0 Å². The van der Waals surface area contributed by atoms with Crippen LogP contribution in [0.3, 0.4) is 0 Å². The van der Waals surface area contributed by atoms with Crippen LogP contribution in [0.4, 0.5) is 0 Å². The molecule has 1 aliphatic rings. The van der Waals surface area contributed by atoms with Crippen LogP contribution in [-0.4, -0.2) is 15.0 Å². The van der Waals surface area contributed by atoms with E-state index in [0.29, 0.717) is 17.5 Å². The molecule has 0 fully saturated rings. The van der Waals surface area contributed by atoms with Gasteiger partial charge in [-0.1, -0.05) is 137 Å². The summed E-state index contributed by atoms with van der Waals surface area (Å²) in [4.78, 5) is 14.8. The first-order valence-corrected chi connectivity index (χ1v) is 17.7. The van der Waals surface area contributed by atoms with Gasteiger partial charge in [-0.15, -0.1) is 11.3 Å². The van der Waals surface area contributed by atoms with Crippen LogP contribution in [-0.2, 0) is 10.8 Å². The zero-order valence-corrected chi connectivity index (χ0v) is 28.8. The number of rotatable bonds is 4. The molecule has 6 aromatic carbocycles. The van der Waals surface area contributed by atoms with E-state index in [9.17, 15) is 0 Å². The van der Waals surface area contributed by atoms with Crippen LogP contribution in [0, 0.1) is 0 Å². The number of fused-ring (bicyclic) bond motifs is 6. The molecule has 0 bridgehead atoms. The van der Waals surface area contributed by atoms with E-state index >= 15 is 0 Å². The Hall–Kier alpha value is -5.45. The Morgan fingerprint density at radius 2 is 0.918 bits per heavy atom. The molecule has 9 rings (SSSR count). The molecule has 4 heteroatoms. The normalized spacial score (nSPS) is 14.4. The van der Waals surface area contributed by atoms with Gasteiger partial charge in [-0.05, 0) is 74.5 Å². The van der Waals surface area contributed by atoms with Crippen molar-refractivity contribution in [3.8, 4) is 56.4 Å². The Morgan fingerprint density at radius 1 is 0.388 bits per heavy atom. The fourth-order valence-corrected chi connectivity index (χ4v) is 8.56. The quantitative estimate of drug-likeness (QED) is 0.190. The largest absolute Gasteiger partial charge is 0.208 e. The van der Waals surface area contributed by atoms with E-state index in [-0.39, 0.29) is 10.8 Å². The number of thiophene rings is 1. The molecule has 3 nitrogen and oxygen atoms in total. The summed E-state index contributed by atoms with van der Waals surface area (Å²) < 4.78 is 2.64. The molecule has 0 radical (unpaired) electrons. The molecule has 49 heavy (non-hydrogen) atoms. The average molecular weight is 650 g/mol. The van der Waals surface area contributed by atoms with Crippen molar-refractivity contribution in [2.24, 2.45) is 0 Å². The highest BCUT2D eigenvalue weighted by Gasteiger charge is 2.45. The monoisotopic (exact) mass is 649 g/mol. The lowest BCUT2D eigenvalue weighted by molar-refractivity contribution is 0.299. The summed E-state index contributed by atoms with van der Waals surface area (Å²) in [6.07, 6.45) is 0. The van der Waals surface area contributed by atoms with Crippen molar-refractivity contribution in [2.75, 3.05) is 0 Å². The van der Waals surface area contributed by atoms with Crippen molar-refractivity contribution in [3.05, 3.63) is 151 Å². The van der Waals surface area contributed by atoms with Gasteiger partial charge in [-0.3, -0.25) is 0 Å². The highest BCUT2D eigenvalue weighted by molar-refractivity contribution is 7.25. The summed E-state index contributed by atoms with van der Waals surface area (Å²) in [6, 6.07) is 49.7. The topological polar surface area (TPSA) is 38.7 Å². The SMILES string of the molecule is CC1(C)c2ccccc2-c2cc3sc4ccc(-c5cccc(-c6nc(-c7ccccc7)nc(-c7ccccc7)n6)c5)cc4c3cc2C1(C)C. The van der Waals surface area contributed by atoms with Crippen molar-refractivity contribution in [1.29, 1.82) is 0 Å². The van der Waals surface area contributed by atoms with Crippen LogP contribution in [0.1, 0.15) is 38.8 Å². The molecule has 0 atom stereocenters. The number of hydrogen-bond acceptors (Lipinski definition) is 4.